The lowest BCUT2D eigenvalue weighted by Crippen LogP contribution is -2.18. The van der Waals surface area contributed by atoms with Crippen LogP contribution in [0.2, 0.25) is 0 Å². The fourth-order valence-corrected chi connectivity index (χ4v) is 4.76. The first-order valence-electron chi connectivity index (χ1n) is 6.35. The van der Waals surface area contributed by atoms with E-state index < -0.39 is 0 Å². The molecular weight excluding hydrogens is 278 g/mol. The lowest BCUT2D eigenvalue weighted by Gasteiger charge is -2.11. The number of likely N-dealkylation sites (N-methyl/N-ethyl adjacent to an activating group) is 1. The molecular formula is C12H17N5S2. The minimum Gasteiger partial charge on any atom is -0.312 e. The van der Waals surface area contributed by atoms with Gasteiger partial charge < -0.3 is 5.32 Å². The summed E-state index contributed by atoms with van der Waals surface area (Å²) in [6.45, 7) is 0. The zero-order valence-electron chi connectivity index (χ0n) is 11.1. The van der Waals surface area contributed by atoms with E-state index in [-0.39, 0.29) is 6.04 Å². The van der Waals surface area contributed by atoms with E-state index >= 15 is 0 Å². The van der Waals surface area contributed by atoms with E-state index in [4.69, 9.17) is 0 Å². The molecule has 2 aromatic heterocycles. The van der Waals surface area contributed by atoms with Gasteiger partial charge in [0.25, 0.3) is 0 Å². The van der Waals surface area contributed by atoms with Crippen molar-refractivity contribution in [1.82, 2.24) is 25.5 Å². The molecule has 1 aliphatic rings. The van der Waals surface area contributed by atoms with Gasteiger partial charge in [-0.3, -0.25) is 0 Å². The molecule has 0 radical (unpaired) electrons. The normalized spacial score (nSPS) is 16.3. The maximum atomic E-state index is 4.26. The Hall–Kier alpha value is -0.920. The van der Waals surface area contributed by atoms with E-state index in [9.17, 15) is 0 Å². The highest BCUT2D eigenvalue weighted by molar-refractivity contribution is 7.98. The highest BCUT2D eigenvalue weighted by Gasteiger charge is 2.20. The largest absolute Gasteiger partial charge is 0.312 e. The maximum Gasteiger partial charge on any atom is 0.176 e. The van der Waals surface area contributed by atoms with Crippen LogP contribution in [0.1, 0.15) is 27.2 Å². The summed E-state index contributed by atoms with van der Waals surface area (Å²) in [5.41, 5.74) is 1.52. The smallest absolute Gasteiger partial charge is 0.176 e. The monoisotopic (exact) mass is 295 g/mol. The molecule has 0 aliphatic carbocycles. The lowest BCUT2D eigenvalue weighted by atomic mass is 10.1. The van der Waals surface area contributed by atoms with Gasteiger partial charge in [-0.15, -0.1) is 21.5 Å². The summed E-state index contributed by atoms with van der Waals surface area (Å²) in [7, 11) is 3.79. The average Bonchev–Trinajstić information content (AvgIpc) is 3.01. The van der Waals surface area contributed by atoms with Crippen molar-refractivity contribution in [2.45, 2.75) is 24.6 Å². The number of hydrogen-bond acceptors (Lipinski definition) is 6. The molecule has 1 N–H and O–H groups in total. The quantitative estimate of drug-likeness (QED) is 0.928. The van der Waals surface area contributed by atoms with Crippen LogP contribution in [-0.4, -0.2) is 33.0 Å². The van der Waals surface area contributed by atoms with Crippen molar-refractivity contribution in [3.63, 3.8) is 0 Å². The Balaban J connectivity index is 1.79. The molecule has 1 unspecified atom stereocenters. The van der Waals surface area contributed by atoms with E-state index in [1.54, 1.807) is 11.9 Å². The van der Waals surface area contributed by atoms with E-state index in [1.165, 1.54) is 27.4 Å². The van der Waals surface area contributed by atoms with Gasteiger partial charge in [0.2, 0.25) is 0 Å². The van der Waals surface area contributed by atoms with Gasteiger partial charge in [0.05, 0.1) is 7.05 Å². The van der Waals surface area contributed by atoms with Gasteiger partial charge in [0.1, 0.15) is 0 Å². The number of thiophene rings is 1. The van der Waals surface area contributed by atoms with E-state index in [2.05, 4.69) is 26.8 Å². The molecule has 0 amide bonds. The van der Waals surface area contributed by atoms with Gasteiger partial charge in [-0.25, -0.2) is 0 Å². The Bertz CT molecular complexity index is 539. The van der Waals surface area contributed by atoms with Crippen LogP contribution >= 0.6 is 23.1 Å². The summed E-state index contributed by atoms with van der Waals surface area (Å²) >= 11 is 3.96. The van der Waals surface area contributed by atoms with Gasteiger partial charge in [0.15, 0.2) is 5.82 Å². The molecule has 0 bridgehead atoms. The van der Waals surface area contributed by atoms with Crippen LogP contribution in [0.5, 0.6) is 0 Å². The average molecular weight is 295 g/mol. The minimum absolute atomic E-state index is 0.282. The van der Waals surface area contributed by atoms with Crippen molar-refractivity contribution in [1.29, 1.82) is 0 Å². The highest BCUT2D eigenvalue weighted by Crippen LogP contribution is 2.35. The summed E-state index contributed by atoms with van der Waals surface area (Å²) in [5.74, 6) is 3.21. The van der Waals surface area contributed by atoms with Crippen molar-refractivity contribution >= 4 is 23.1 Å². The van der Waals surface area contributed by atoms with Gasteiger partial charge in [-0.1, -0.05) is 0 Å². The van der Waals surface area contributed by atoms with Gasteiger partial charge in [-0.05, 0) is 36.1 Å². The Morgan fingerprint density at radius 3 is 3.11 bits per heavy atom. The second kappa shape index (κ2) is 5.60. The topological polar surface area (TPSA) is 55.6 Å². The van der Waals surface area contributed by atoms with Crippen molar-refractivity contribution in [2.24, 2.45) is 7.05 Å². The molecule has 0 saturated heterocycles. The molecule has 1 aliphatic heterocycles. The summed E-state index contributed by atoms with van der Waals surface area (Å²) in [6.07, 6.45) is 2.00. The van der Waals surface area contributed by atoms with Crippen LogP contribution in [-0.2, 0) is 25.6 Å². The maximum absolute atomic E-state index is 4.26. The molecule has 0 aromatic carbocycles. The first kappa shape index (κ1) is 13.1. The van der Waals surface area contributed by atoms with Crippen molar-refractivity contribution in [3.05, 3.63) is 27.2 Å². The Morgan fingerprint density at radius 2 is 2.42 bits per heavy atom. The van der Waals surface area contributed by atoms with E-state index in [0.29, 0.717) is 0 Å². The van der Waals surface area contributed by atoms with Crippen molar-refractivity contribution in [2.75, 3.05) is 12.8 Å². The zero-order valence-corrected chi connectivity index (χ0v) is 12.7. The predicted octanol–water partition coefficient (Wildman–Crippen LogP) is 1.56. The Labute approximate surface area is 120 Å². The molecule has 0 saturated carbocycles. The molecule has 3 rings (SSSR count). The summed E-state index contributed by atoms with van der Waals surface area (Å²) < 4.78 is 0. The molecule has 2 aromatic rings. The van der Waals surface area contributed by atoms with Crippen LogP contribution in [0, 0.1) is 0 Å². The Morgan fingerprint density at radius 1 is 1.53 bits per heavy atom. The highest BCUT2D eigenvalue weighted by atomic mass is 32.2. The van der Waals surface area contributed by atoms with Gasteiger partial charge in [-0.2, -0.15) is 16.6 Å². The van der Waals surface area contributed by atoms with Crippen LogP contribution in [0.3, 0.4) is 0 Å². The second-order valence-corrected chi connectivity index (χ2v) is 6.91. The molecule has 3 heterocycles. The van der Waals surface area contributed by atoms with Gasteiger partial charge in [0, 0.05) is 28.0 Å². The van der Waals surface area contributed by atoms with Crippen LogP contribution < -0.4 is 5.32 Å². The number of aryl methyl sites for hydroxylation is 2. The first-order chi connectivity index (χ1) is 9.26. The van der Waals surface area contributed by atoms with E-state index in [1.807, 2.05) is 30.1 Å². The second-order valence-electron chi connectivity index (χ2n) is 4.64. The number of thioether (sulfide) groups is 1. The molecule has 102 valence electrons. The fourth-order valence-electron chi connectivity index (χ4n) is 2.27. The minimum atomic E-state index is 0.282. The number of tetrazole rings is 1. The third kappa shape index (κ3) is 2.82. The predicted molar refractivity (Wildman–Crippen MR) is 78.5 cm³/mol. The standard InChI is InChI=1S/C12H17N5S2/c1-13-9(6-12-14-16-17(2)15-12)11-5-8-7-18-4-3-10(8)19-11/h5,9,13H,3-4,6-7H2,1-2H3. The fraction of sp³-hybridized carbons (Fsp3) is 0.583. The summed E-state index contributed by atoms with van der Waals surface area (Å²) in [6, 6.07) is 2.63. The van der Waals surface area contributed by atoms with Crippen molar-refractivity contribution in [3.8, 4) is 0 Å². The van der Waals surface area contributed by atoms with Gasteiger partial charge >= 0.3 is 0 Å². The lowest BCUT2D eigenvalue weighted by molar-refractivity contribution is 0.578. The SMILES string of the molecule is CNC(Cc1nnn(C)n1)c1cc2c(s1)CCSC2. The molecule has 7 heteroatoms. The number of fused-ring (bicyclic) bond motifs is 1. The number of rotatable bonds is 4. The molecule has 5 nitrogen and oxygen atoms in total. The third-order valence-electron chi connectivity index (χ3n) is 3.28. The number of nitrogens with zero attached hydrogens (tertiary/aromatic N) is 4. The third-order valence-corrected chi connectivity index (χ3v) is 5.63. The number of aromatic nitrogens is 4. The molecule has 1 atom stereocenters. The summed E-state index contributed by atoms with van der Waals surface area (Å²) in [4.78, 5) is 4.46. The molecule has 0 fully saturated rings. The summed E-state index contributed by atoms with van der Waals surface area (Å²) in [5, 5.41) is 15.6. The van der Waals surface area contributed by atoms with Crippen LogP contribution in [0.15, 0.2) is 6.07 Å². The number of hydrogen-bond donors (Lipinski definition) is 1. The Kier molecular flexibility index (Phi) is 3.86. The van der Waals surface area contributed by atoms with Crippen LogP contribution in [0.25, 0.3) is 0 Å². The number of nitrogens with one attached hydrogen (secondary N) is 1. The molecule has 0 spiro atoms. The van der Waals surface area contributed by atoms with Crippen molar-refractivity contribution < 1.29 is 0 Å². The van der Waals surface area contributed by atoms with Crippen LogP contribution in [0.4, 0.5) is 0 Å². The van der Waals surface area contributed by atoms with E-state index in [0.717, 1.165) is 18.0 Å². The molecule has 19 heavy (non-hydrogen) atoms. The zero-order chi connectivity index (χ0) is 13.2. The first-order valence-corrected chi connectivity index (χ1v) is 8.32.